The molecule has 1 aromatic carbocycles. The highest BCUT2D eigenvalue weighted by Crippen LogP contribution is 2.33. The number of benzene rings is 1. The molecule has 0 bridgehead atoms. The third-order valence-electron chi connectivity index (χ3n) is 1.98. The van der Waals surface area contributed by atoms with Crippen molar-refractivity contribution in [2.75, 3.05) is 13.7 Å². The molecular weight excluding hydrogens is 230 g/mol. The van der Waals surface area contributed by atoms with Crippen molar-refractivity contribution in [3.8, 4) is 11.5 Å². The number of hydrogen-bond acceptors (Lipinski definition) is 3. The molecule has 0 saturated carbocycles. The van der Waals surface area contributed by atoms with E-state index in [0.717, 1.165) is 6.42 Å². The van der Waals surface area contributed by atoms with Crippen LogP contribution >= 0.6 is 11.6 Å². The first-order valence-electron chi connectivity index (χ1n) is 4.90. The molecule has 4 nitrogen and oxygen atoms in total. The summed E-state index contributed by atoms with van der Waals surface area (Å²) in [4.78, 5) is 11.1. The van der Waals surface area contributed by atoms with E-state index in [0.29, 0.717) is 18.1 Å². The third kappa shape index (κ3) is 2.79. The summed E-state index contributed by atoms with van der Waals surface area (Å²) in [5.41, 5.74) is 5.39. The van der Waals surface area contributed by atoms with E-state index in [9.17, 15) is 4.79 Å². The van der Waals surface area contributed by atoms with Crippen molar-refractivity contribution in [1.82, 2.24) is 0 Å². The van der Waals surface area contributed by atoms with Crippen molar-refractivity contribution in [3.63, 3.8) is 0 Å². The molecule has 1 amide bonds. The van der Waals surface area contributed by atoms with Crippen LogP contribution in [0.3, 0.4) is 0 Å². The van der Waals surface area contributed by atoms with Crippen molar-refractivity contribution in [2.24, 2.45) is 5.73 Å². The molecule has 0 unspecified atom stereocenters. The maximum absolute atomic E-state index is 11.1. The van der Waals surface area contributed by atoms with E-state index in [1.807, 2.05) is 6.92 Å². The minimum Gasteiger partial charge on any atom is -0.493 e. The minimum atomic E-state index is -0.592. The van der Waals surface area contributed by atoms with Crippen LogP contribution in [0.5, 0.6) is 11.5 Å². The van der Waals surface area contributed by atoms with Gasteiger partial charge >= 0.3 is 0 Å². The second-order valence-corrected chi connectivity index (χ2v) is 3.60. The van der Waals surface area contributed by atoms with E-state index in [2.05, 4.69) is 0 Å². The normalized spacial score (nSPS) is 9.94. The number of nitrogens with two attached hydrogens (primary N) is 1. The summed E-state index contributed by atoms with van der Waals surface area (Å²) < 4.78 is 10.5. The fourth-order valence-corrected chi connectivity index (χ4v) is 1.46. The monoisotopic (exact) mass is 243 g/mol. The Labute approximate surface area is 99.3 Å². The molecule has 0 aliphatic rings. The largest absolute Gasteiger partial charge is 0.493 e. The molecule has 0 heterocycles. The van der Waals surface area contributed by atoms with Crippen molar-refractivity contribution < 1.29 is 14.3 Å². The fourth-order valence-electron chi connectivity index (χ4n) is 1.21. The molecule has 1 rings (SSSR count). The third-order valence-corrected chi connectivity index (χ3v) is 2.29. The van der Waals surface area contributed by atoms with Gasteiger partial charge in [-0.1, -0.05) is 18.5 Å². The van der Waals surface area contributed by atoms with E-state index >= 15 is 0 Å². The van der Waals surface area contributed by atoms with Crippen LogP contribution in [0.4, 0.5) is 0 Å². The Morgan fingerprint density at radius 2 is 2.12 bits per heavy atom. The van der Waals surface area contributed by atoms with E-state index in [-0.39, 0.29) is 10.6 Å². The Balaban J connectivity index is 3.10. The maximum atomic E-state index is 11.1. The number of methoxy groups -OCH3 is 1. The molecule has 16 heavy (non-hydrogen) atoms. The molecule has 1 aromatic rings. The van der Waals surface area contributed by atoms with Crippen molar-refractivity contribution in [3.05, 3.63) is 22.7 Å². The molecule has 0 saturated heterocycles. The molecule has 0 spiro atoms. The smallest absolute Gasteiger partial charge is 0.250 e. The molecule has 0 aliphatic heterocycles. The number of ether oxygens (including phenoxy) is 2. The van der Waals surface area contributed by atoms with Crippen LogP contribution in [0.2, 0.25) is 5.02 Å². The summed E-state index contributed by atoms with van der Waals surface area (Å²) in [5.74, 6) is 0.372. The summed E-state index contributed by atoms with van der Waals surface area (Å²) >= 11 is 5.90. The van der Waals surface area contributed by atoms with Gasteiger partial charge in [-0.2, -0.15) is 0 Å². The first kappa shape index (κ1) is 12.6. The first-order valence-corrected chi connectivity index (χ1v) is 5.28. The number of hydrogen-bond donors (Lipinski definition) is 1. The lowest BCUT2D eigenvalue weighted by atomic mass is 10.2. The van der Waals surface area contributed by atoms with E-state index in [1.165, 1.54) is 19.2 Å². The van der Waals surface area contributed by atoms with Crippen molar-refractivity contribution >= 4 is 17.5 Å². The summed E-state index contributed by atoms with van der Waals surface area (Å²) in [7, 11) is 1.49. The van der Waals surface area contributed by atoms with Crippen molar-refractivity contribution in [1.29, 1.82) is 0 Å². The number of carbonyl (C=O) groups is 1. The zero-order valence-corrected chi connectivity index (χ0v) is 10.0. The number of halogens is 1. The van der Waals surface area contributed by atoms with Gasteiger partial charge < -0.3 is 15.2 Å². The molecule has 0 atom stereocenters. The Morgan fingerprint density at radius 1 is 1.44 bits per heavy atom. The zero-order valence-electron chi connectivity index (χ0n) is 9.25. The Kier molecular flexibility index (Phi) is 4.43. The Morgan fingerprint density at radius 3 is 2.62 bits per heavy atom. The lowest BCUT2D eigenvalue weighted by Gasteiger charge is -2.11. The van der Waals surface area contributed by atoms with Crippen LogP contribution in [0.1, 0.15) is 23.7 Å². The van der Waals surface area contributed by atoms with Gasteiger partial charge in [-0.05, 0) is 12.5 Å². The van der Waals surface area contributed by atoms with E-state index < -0.39 is 5.91 Å². The SMILES string of the molecule is CCCOc1cc(Cl)c(C(N)=O)cc1OC. The molecule has 88 valence electrons. The molecule has 0 fully saturated rings. The summed E-state index contributed by atoms with van der Waals surface area (Å²) in [6, 6.07) is 3.02. The highest BCUT2D eigenvalue weighted by Gasteiger charge is 2.13. The zero-order chi connectivity index (χ0) is 12.1. The topological polar surface area (TPSA) is 61.5 Å². The van der Waals surface area contributed by atoms with Crippen LogP contribution in [0.15, 0.2) is 12.1 Å². The molecule has 2 N–H and O–H groups in total. The second-order valence-electron chi connectivity index (χ2n) is 3.20. The fraction of sp³-hybridized carbons (Fsp3) is 0.364. The number of primary amides is 1. The van der Waals surface area contributed by atoms with Crippen molar-refractivity contribution in [2.45, 2.75) is 13.3 Å². The average Bonchev–Trinajstić information content (AvgIpc) is 2.25. The first-order chi connectivity index (χ1) is 7.60. The van der Waals surface area contributed by atoms with Gasteiger partial charge in [0, 0.05) is 6.07 Å². The number of amides is 1. The maximum Gasteiger partial charge on any atom is 0.250 e. The van der Waals surface area contributed by atoms with Gasteiger partial charge in [-0.15, -0.1) is 0 Å². The summed E-state index contributed by atoms with van der Waals surface area (Å²) in [5, 5.41) is 0.263. The van der Waals surface area contributed by atoms with Gasteiger partial charge in [-0.3, -0.25) is 4.79 Å². The van der Waals surface area contributed by atoms with Crippen LogP contribution in [-0.4, -0.2) is 19.6 Å². The quantitative estimate of drug-likeness (QED) is 0.863. The highest BCUT2D eigenvalue weighted by atomic mass is 35.5. The number of rotatable bonds is 5. The predicted octanol–water partition coefficient (Wildman–Crippen LogP) is 2.24. The molecule has 0 aliphatic carbocycles. The Bertz CT molecular complexity index is 393. The van der Waals surface area contributed by atoms with Gasteiger partial charge in [-0.25, -0.2) is 0 Å². The Hall–Kier alpha value is -1.42. The molecule has 0 radical (unpaired) electrons. The minimum absolute atomic E-state index is 0.224. The lowest BCUT2D eigenvalue weighted by Crippen LogP contribution is -2.12. The summed E-state index contributed by atoms with van der Waals surface area (Å²) in [6.07, 6.45) is 0.873. The van der Waals surface area contributed by atoms with Crippen LogP contribution in [-0.2, 0) is 0 Å². The van der Waals surface area contributed by atoms with Gasteiger partial charge in [0.1, 0.15) is 0 Å². The molecular formula is C11H14ClNO3. The van der Waals surface area contributed by atoms with Crippen LogP contribution < -0.4 is 15.2 Å². The van der Waals surface area contributed by atoms with Crippen LogP contribution in [0.25, 0.3) is 0 Å². The van der Waals surface area contributed by atoms with E-state index in [4.69, 9.17) is 26.8 Å². The second kappa shape index (κ2) is 5.61. The molecule has 0 aromatic heterocycles. The average molecular weight is 244 g/mol. The van der Waals surface area contributed by atoms with Gasteiger partial charge in [0.2, 0.25) is 5.91 Å². The highest BCUT2D eigenvalue weighted by molar-refractivity contribution is 6.34. The van der Waals surface area contributed by atoms with Gasteiger partial charge in [0.05, 0.1) is 24.3 Å². The van der Waals surface area contributed by atoms with E-state index in [1.54, 1.807) is 0 Å². The summed E-state index contributed by atoms with van der Waals surface area (Å²) in [6.45, 7) is 2.55. The lowest BCUT2D eigenvalue weighted by molar-refractivity contribution is 0.1000. The predicted molar refractivity (Wildman–Crippen MR) is 62.3 cm³/mol. The van der Waals surface area contributed by atoms with Gasteiger partial charge in [0.15, 0.2) is 11.5 Å². The molecule has 5 heteroatoms. The standard InChI is InChI=1S/C11H14ClNO3/c1-3-4-16-10-6-8(12)7(11(13)14)5-9(10)15-2/h5-6H,3-4H2,1-2H3,(H2,13,14). The van der Waals surface area contributed by atoms with Crippen LogP contribution in [0, 0.1) is 0 Å². The van der Waals surface area contributed by atoms with Gasteiger partial charge in [0.25, 0.3) is 0 Å². The number of carbonyl (C=O) groups excluding carboxylic acids is 1.